The van der Waals surface area contributed by atoms with Crippen molar-refractivity contribution in [2.75, 3.05) is 0 Å². The quantitative estimate of drug-likeness (QED) is 0.412. The van der Waals surface area contributed by atoms with Crippen LogP contribution in [0.25, 0.3) is 0 Å². The molecular weight excluding hydrogens is 404 g/mol. The highest BCUT2D eigenvalue weighted by Crippen LogP contribution is 2.36. The first kappa shape index (κ1) is 11.0. The van der Waals surface area contributed by atoms with Crippen LogP contribution < -0.4 is 0 Å². The van der Waals surface area contributed by atoms with E-state index in [0.717, 1.165) is 0 Å². The number of halogens is 4. The van der Waals surface area contributed by atoms with Crippen LogP contribution in [-0.2, 0) is 0 Å². The van der Waals surface area contributed by atoms with E-state index in [0.29, 0.717) is 19.3 Å². The number of rotatable bonds is 0. The third kappa shape index (κ3) is 2.96. The van der Waals surface area contributed by atoms with Crippen molar-refractivity contribution in [1.29, 1.82) is 0 Å². The fraction of sp³-hybridized carbons (Fsp3) is 1.00. The monoisotopic (exact) mass is 410 g/mol. The summed E-state index contributed by atoms with van der Waals surface area (Å²) in [6, 6.07) is 0. The fourth-order valence-electron chi connectivity index (χ4n) is 1.23. The largest absolute Gasteiger partial charge is 0.0878 e. The topological polar surface area (TPSA) is 0 Å². The minimum absolute atomic E-state index is 0.536. The predicted octanol–water partition coefficient (Wildman–Crippen LogP) is 4.22. The van der Waals surface area contributed by atoms with Crippen molar-refractivity contribution >= 4 is 63.7 Å². The summed E-state index contributed by atoms with van der Waals surface area (Å²) in [5.74, 6) is 0. The first-order valence-corrected chi connectivity index (χ1v) is 7.35. The third-order valence-electron chi connectivity index (χ3n) is 1.96. The highest BCUT2D eigenvalue weighted by Gasteiger charge is 2.31. The molecule has 1 aliphatic carbocycles. The molecule has 0 nitrogen and oxygen atoms in total. The van der Waals surface area contributed by atoms with Crippen LogP contribution >= 0.6 is 63.7 Å². The van der Waals surface area contributed by atoms with Gasteiger partial charge in [-0.2, -0.15) is 0 Å². The molecule has 0 amide bonds. The van der Waals surface area contributed by atoms with Crippen LogP contribution in [0.15, 0.2) is 0 Å². The van der Waals surface area contributed by atoms with E-state index in [-0.39, 0.29) is 0 Å². The van der Waals surface area contributed by atoms with Crippen molar-refractivity contribution in [3.63, 3.8) is 0 Å². The van der Waals surface area contributed by atoms with Crippen molar-refractivity contribution < 1.29 is 0 Å². The molecule has 4 heteroatoms. The lowest BCUT2D eigenvalue weighted by Crippen LogP contribution is -2.27. The van der Waals surface area contributed by atoms with Crippen molar-refractivity contribution in [1.82, 2.24) is 0 Å². The molecule has 0 bridgehead atoms. The van der Waals surface area contributed by atoms with Gasteiger partial charge >= 0.3 is 0 Å². The van der Waals surface area contributed by atoms with Gasteiger partial charge in [-0.05, 0) is 12.8 Å². The molecule has 0 N–H and O–H groups in total. The van der Waals surface area contributed by atoms with Gasteiger partial charge in [0.25, 0.3) is 0 Å². The average molecular weight is 414 g/mol. The van der Waals surface area contributed by atoms with Crippen LogP contribution in [0, 0.1) is 0 Å². The Morgan fingerprint density at radius 2 is 1.09 bits per heavy atom. The van der Waals surface area contributed by atoms with E-state index >= 15 is 0 Å². The second-order valence-corrected chi connectivity index (χ2v) is 7.32. The first-order chi connectivity index (χ1) is 5.13. The Kier molecular flexibility index (Phi) is 4.96. The fourth-order valence-corrected chi connectivity index (χ4v) is 4.62. The zero-order valence-electron chi connectivity index (χ0n) is 5.94. The van der Waals surface area contributed by atoms with Gasteiger partial charge in [-0.25, -0.2) is 0 Å². The summed E-state index contributed by atoms with van der Waals surface area (Å²) in [4.78, 5) is 2.28. The summed E-state index contributed by atoms with van der Waals surface area (Å²) >= 11 is 14.7. The molecular formula is C7H10Br4. The standard InChI is InChI=1S/C7H10Br4/c8-4-2-1-3-5(9)7(11)6(4)10/h4-7H,1-3H2. The van der Waals surface area contributed by atoms with Gasteiger partial charge in [0.15, 0.2) is 0 Å². The second kappa shape index (κ2) is 4.97. The van der Waals surface area contributed by atoms with Gasteiger partial charge in [-0.1, -0.05) is 70.1 Å². The van der Waals surface area contributed by atoms with Crippen LogP contribution in [0.1, 0.15) is 19.3 Å². The Bertz CT molecular complexity index is 114. The molecule has 1 fully saturated rings. The molecule has 0 heterocycles. The minimum atomic E-state index is 0.536. The molecule has 0 aromatic rings. The zero-order valence-corrected chi connectivity index (χ0v) is 12.3. The maximum atomic E-state index is 3.69. The Morgan fingerprint density at radius 1 is 0.727 bits per heavy atom. The van der Waals surface area contributed by atoms with Gasteiger partial charge in [0.1, 0.15) is 0 Å². The molecule has 0 saturated heterocycles. The minimum Gasteiger partial charge on any atom is -0.0878 e. The van der Waals surface area contributed by atoms with Gasteiger partial charge in [0, 0.05) is 19.3 Å². The Labute approximate surface area is 101 Å². The molecule has 1 aliphatic rings. The van der Waals surface area contributed by atoms with Crippen LogP contribution in [0.5, 0.6) is 0 Å². The highest BCUT2D eigenvalue weighted by molar-refractivity contribution is 9.14. The Hall–Kier alpha value is 1.92. The first-order valence-electron chi connectivity index (χ1n) is 3.69. The summed E-state index contributed by atoms with van der Waals surface area (Å²) in [6.07, 6.45) is 3.83. The van der Waals surface area contributed by atoms with Gasteiger partial charge < -0.3 is 0 Å². The van der Waals surface area contributed by atoms with Crippen molar-refractivity contribution in [3.8, 4) is 0 Å². The summed E-state index contributed by atoms with van der Waals surface area (Å²) in [5, 5.41) is 0. The highest BCUT2D eigenvalue weighted by atomic mass is 79.9. The zero-order chi connectivity index (χ0) is 8.43. The maximum Gasteiger partial charge on any atom is 0.0407 e. The van der Waals surface area contributed by atoms with Crippen molar-refractivity contribution in [2.45, 2.75) is 38.6 Å². The van der Waals surface area contributed by atoms with E-state index in [4.69, 9.17) is 0 Å². The second-order valence-electron chi connectivity index (χ2n) is 2.85. The molecule has 1 rings (SSSR count). The molecule has 0 aromatic heterocycles. The molecule has 66 valence electrons. The summed E-state index contributed by atoms with van der Waals surface area (Å²) in [6.45, 7) is 0. The number of alkyl halides is 4. The van der Waals surface area contributed by atoms with Gasteiger partial charge in [0.05, 0.1) is 0 Å². The summed E-state index contributed by atoms with van der Waals surface area (Å²) in [7, 11) is 0. The average Bonchev–Trinajstić information content (AvgIpc) is 2.07. The van der Waals surface area contributed by atoms with Crippen molar-refractivity contribution in [3.05, 3.63) is 0 Å². The smallest absolute Gasteiger partial charge is 0.0407 e. The molecule has 4 atom stereocenters. The van der Waals surface area contributed by atoms with E-state index in [2.05, 4.69) is 63.7 Å². The SMILES string of the molecule is BrC1CCCC(Br)C(Br)C1Br. The molecule has 0 spiro atoms. The van der Waals surface area contributed by atoms with E-state index < -0.39 is 0 Å². The maximum absolute atomic E-state index is 3.69. The van der Waals surface area contributed by atoms with Crippen LogP contribution in [-0.4, -0.2) is 19.3 Å². The predicted molar refractivity (Wildman–Crippen MR) is 64.7 cm³/mol. The van der Waals surface area contributed by atoms with Gasteiger partial charge in [-0.3, -0.25) is 0 Å². The lowest BCUT2D eigenvalue weighted by molar-refractivity contribution is 0.727. The van der Waals surface area contributed by atoms with Crippen LogP contribution in [0.3, 0.4) is 0 Å². The summed E-state index contributed by atoms with van der Waals surface area (Å²) < 4.78 is 0. The molecule has 1 saturated carbocycles. The Morgan fingerprint density at radius 3 is 1.45 bits per heavy atom. The molecule has 11 heavy (non-hydrogen) atoms. The lowest BCUT2D eigenvalue weighted by atomic mass is 10.2. The van der Waals surface area contributed by atoms with E-state index in [1.54, 1.807) is 0 Å². The lowest BCUT2D eigenvalue weighted by Gasteiger charge is -2.20. The number of hydrogen-bond acceptors (Lipinski definition) is 0. The number of hydrogen-bond donors (Lipinski definition) is 0. The van der Waals surface area contributed by atoms with E-state index in [1.807, 2.05) is 0 Å². The van der Waals surface area contributed by atoms with Gasteiger partial charge in [0.2, 0.25) is 0 Å². The van der Waals surface area contributed by atoms with Crippen LogP contribution in [0.4, 0.5) is 0 Å². The molecule has 4 unspecified atom stereocenters. The molecule has 0 aliphatic heterocycles. The summed E-state index contributed by atoms with van der Waals surface area (Å²) in [5.41, 5.74) is 0. The van der Waals surface area contributed by atoms with Crippen molar-refractivity contribution in [2.24, 2.45) is 0 Å². The van der Waals surface area contributed by atoms with Gasteiger partial charge in [-0.15, -0.1) is 0 Å². The van der Waals surface area contributed by atoms with E-state index in [9.17, 15) is 0 Å². The molecule has 0 radical (unpaired) electrons. The van der Waals surface area contributed by atoms with E-state index in [1.165, 1.54) is 19.3 Å². The third-order valence-corrected chi connectivity index (χ3v) is 8.55. The Balaban J connectivity index is 2.58. The molecule has 0 aromatic carbocycles. The normalized spacial score (nSPS) is 46.9. The van der Waals surface area contributed by atoms with Crippen LogP contribution in [0.2, 0.25) is 0 Å².